The lowest BCUT2D eigenvalue weighted by Gasteiger charge is -2.32. The number of halogens is 1. The zero-order chi connectivity index (χ0) is 39.1. The molecule has 0 saturated carbocycles. The predicted molar refractivity (Wildman–Crippen MR) is 209 cm³/mol. The molecule has 0 aliphatic carbocycles. The van der Waals surface area contributed by atoms with Gasteiger partial charge in [-0.1, -0.05) is 30.3 Å². The molecule has 17 heteroatoms. The highest BCUT2D eigenvalue weighted by Crippen LogP contribution is 2.35. The smallest absolute Gasteiger partial charge is 0.256 e. The van der Waals surface area contributed by atoms with E-state index < -0.39 is 22.0 Å². The van der Waals surface area contributed by atoms with Gasteiger partial charge >= 0.3 is 0 Å². The summed E-state index contributed by atoms with van der Waals surface area (Å²) in [7, 11) is -3.52. The van der Waals surface area contributed by atoms with Crippen LogP contribution in [0.2, 0.25) is 5.02 Å². The van der Waals surface area contributed by atoms with Crippen molar-refractivity contribution in [2.24, 2.45) is 0 Å². The highest BCUT2D eigenvalue weighted by atomic mass is 35.5. The van der Waals surface area contributed by atoms with Crippen molar-refractivity contribution in [1.29, 1.82) is 0 Å². The first-order chi connectivity index (χ1) is 26.4. The number of rotatable bonds is 17. The van der Waals surface area contributed by atoms with E-state index in [-0.39, 0.29) is 42.5 Å². The Kier molecular flexibility index (Phi) is 13.1. The van der Waals surface area contributed by atoms with Gasteiger partial charge in [-0.2, -0.15) is 0 Å². The first-order valence-electron chi connectivity index (χ1n) is 18.2. The van der Waals surface area contributed by atoms with E-state index in [2.05, 4.69) is 27.3 Å². The van der Waals surface area contributed by atoms with Gasteiger partial charge in [0.15, 0.2) is 0 Å². The number of aryl methyl sites for hydroxylation is 1. The van der Waals surface area contributed by atoms with Crippen LogP contribution in [0.25, 0.3) is 0 Å². The Morgan fingerprint density at radius 1 is 1.11 bits per heavy atom. The Balaban J connectivity index is 0.866. The summed E-state index contributed by atoms with van der Waals surface area (Å²) in [6.45, 7) is 6.23. The van der Waals surface area contributed by atoms with Gasteiger partial charge in [-0.15, -0.1) is 11.3 Å². The number of hydrogen-bond acceptors (Lipinski definition) is 11. The second kappa shape index (κ2) is 18.0. The molecule has 3 aliphatic heterocycles. The minimum atomic E-state index is -3.52. The highest BCUT2D eigenvalue weighted by Gasteiger charge is 2.40. The first kappa shape index (κ1) is 40.2. The van der Waals surface area contributed by atoms with Gasteiger partial charge in [0.2, 0.25) is 27.7 Å². The van der Waals surface area contributed by atoms with Crippen molar-refractivity contribution in [2.45, 2.75) is 76.7 Å². The van der Waals surface area contributed by atoms with Gasteiger partial charge in [-0.25, -0.2) is 13.1 Å². The van der Waals surface area contributed by atoms with Crippen LogP contribution in [0, 0.1) is 0 Å². The van der Waals surface area contributed by atoms with Gasteiger partial charge in [0.1, 0.15) is 24.1 Å². The third-order valence-electron chi connectivity index (χ3n) is 10.1. The van der Waals surface area contributed by atoms with Crippen molar-refractivity contribution in [3.8, 4) is 11.5 Å². The molecule has 1 aromatic heterocycles. The summed E-state index contributed by atoms with van der Waals surface area (Å²) >= 11 is 8.00. The number of carbonyl (C=O) groups is 4. The molecule has 2 saturated heterocycles. The van der Waals surface area contributed by atoms with Crippen LogP contribution in [0.3, 0.4) is 0 Å². The molecule has 2 aromatic carbocycles. The van der Waals surface area contributed by atoms with Crippen molar-refractivity contribution >= 4 is 62.3 Å². The number of ether oxygens (including phenoxy) is 1. The third-order valence-corrected chi connectivity index (χ3v) is 12.5. The van der Waals surface area contributed by atoms with Crippen LogP contribution in [-0.4, -0.2) is 85.2 Å². The van der Waals surface area contributed by atoms with Gasteiger partial charge in [0, 0.05) is 64.9 Å². The summed E-state index contributed by atoms with van der Waals surface area (Å²) in [4.78, 5) is 53.8. The number of phenolic OH excluding ortho intramolecular Hbond substituents is 1. The number of piperidine rings is 2. The van der Waals surface area contributed by atoms with E-state index in [9.17, 15) is 32.7 Å². The molecule has 4 heterocycles. The number of thiophene rings is 1. The van der Waals surface area contributed by atoms with Crippen LogP contribution in [0.1, 0.15) is 70.5 Å². The van der Waals surface area contributed by atoms with E-state index in [0.717, 1.165) is 46.4 Å². The molecule has 1 atom stereocenters. The van der Waals surface area contributed by atoms with Crippen LogP contribution < -0.4 is 25.4 Å². The number of nitrogens with one attached hydrogen (secondary N) is 4. The lowest BCUT2D eigenvalue weighted by Crippen LogP contribution is -2.52. The van der Waals surface area contributed by atoms with Crippen LogP contribution in [0.5, 0.6) is 11.5 Å². The van der Waals surface area contributed by atoms with Crippen molar-refractivity contribution in [2.75, 3.05) is 31.5 Å². The average molecular weight is 813 g/mol. The number of nitrogens with zero attached hydrogens (tertiary/aromatic N) is 2. The van der Waals surface area contributed by atoms with E-state index in [1.165, 1.54) is 11.3 Å². The molecule has 55 heavy (non-hydrogen) atoms. The summed E-state index contributed by atoms with van der Waals surface area (Å²) in [5.74, 6) is -0.349. The van der Waals surface area contributed by atoms with Crippen LogP contribution >= 0.6 is 22.9 Å². The topological polar surface area (TPSA) is 186 Å². The summed E-state index contributed by atoms with van der Waals surface area (Å²) in [5, 5.41) is 22.6. The normalized spacial score (nSPS) is 17.6. The van der Waals surface area contributed by atoms with Crippen molar-refractivity contribution < 1.29 is 37.4 Å². The number of fused-ring (bicyclic) bond motifs is 1. The number of amides is 4. The number of sulfonamides is 1. The maximum absolute atomic E-state index is 13.0. The van der Waals surface area contributed by atoms with E-state index >= 15 is 0 Å². The molecule has 5 N–H and O–H groups in total. The molecule has 3 aromatic rings. The van der Waals surface area contributed by atoms with Crippen molar-refractivity contribution in [3.05, 3.63) is 85.9 Å². The van der Waals surface area contributed by atoms with Gasteiger partial charge in [0.25, 0.3) is 5.91 Å². The molecule has 0 spiro atoms. The van der Waals surface area contributed by atoms with Crippen LogP contribution in [-0.2, 0) is 50.5 Å². The standard InChI is InChI=1S/C38H45ClN6O8S2/c1-2-55(51,52)43-26-12-15-44(16-13-26)36(48)20-41-31-18-30(39)25(17-33(31)46)5-3-4-14-40-19-24-6-8-27(9-7-24)53-22-34-28-21-45(38(50)29(28)23-54-34)32-10-11-35(47)42-37(32)49/h2,6-9,17-18,23,26,32,40-41,43,46H,1,3-5,10-16,19-22H2,(H,42,47,49). The fraction of sp³-hybridized carbons (Fsp3) is 0.421. The number of benzene rings is 2. The lowest BCUT2D eigenvalue weighted by atomic mass is 10.0. The molecule has 0 radical (unpaired) electrons. The number of hydrogen-bond donors (Lipinski definition) is 5. The molecular weight excluding hydrogens is 768 g/mol. The Morgan fingerprint density at radius 2 is 1.87 bits per heavy atom. The number of carbonyl (C=O) groups excluding carboxylic acids is 4. The second-order valence-electron chi connectivity index (χ2n) is 13.8. The molecule has 4 amide bonds. The zero-order valence-electron chi connectivity index (χ0n) is 30.3. The quantitative estimate of drug-likeness (QED) is 0.0758. The number of anilines is 1. The maximum Gasteiger partial charge on any atom is 0.256 e. The fourth-order valence-electron chi connectivity index (χ4n) is 6.92. The minimum absolute atomic E-state index is 0.0149. The minimum Gasteiger partial charge on any atom is -0.506 e. The number of unbranched alkanes of at least 4 members (excludes halogenated alkanes) is 1. The molecule has 294 valence electrons. The van der Waals surface area contributed by atoms with E-state index in [1.54, 1.807) is 21.9 Å². The third kappa shape index (κ3) is 10.2. The Morgan fingerprint density at radius 3 is 2.60 bits per heavy atom. The second-order valence-corrected chi connectivity index (χ2v) is 16.8. The van der Waals surface area contributed by atoms with E-state index in [0.29, 0.717) is 80.5 Å². The molecule has 14 nitrogen and oxygen atoms in total. The van der Waals surface area contributed by atoms with Gasteiger partial charge in [-0.3, -0.25) is 24.5 Å². The number of phenols is 1. The highest BCUT2D eigenvalue weighted by molar-refractivity contribution is 7.92. The summed E-state index contributed by atoms with van der Waals surface area (Å²) in [6, 6.07) is 10.2. The zero-order valence-corrected chi connectivity index (χ0v) is 32.7. The average Bonchev–Trinajstić information content (AvgIpc) is 3.72. The van der Waals surface area contributed by atoms with Crippen molar-refractivity contribution in [1.82, 2.24) is 25.2 Å². The molecule has 0 bridgehead atoms. The molecule has 1 unspecified atom stereocenters. The summed E-state index contributed by atoms with van der Waals surface area (Å²) in [5.41, 5.74) is 3.77. The molecule has 6 rings (SSSR count). The van der Waals surface area contributed by atoms with Gasteiger partial charge in [-0.05, 0) is 80.5 Å². The summed E-state index contributed by atoms with van der Waals surface area (Å²) < 4.78 is 32.0. The largest absolute Gasteiger partial charge is 0.506 e. The van der Waals surface area contributed by atoms with E-state index in [1.807, 2.05) is 29.6 Å². The predicted octanol–water partition coefficient (Wildman–Crippen LogP) is 4.03. The monoisotopic (exact) mass is 812 g/mol. The molecule has 2 fully saturated rings. The summed E-state index contributed by atoms with van der Waals surface area (Å²) in [6.07, 6.45) is 3.99. The molecular formula is C38H45ClN6O8S2. The van der Waals surface area contributed by atoms with Crippen LogP contribution in [0.4, 0.5) is 5.69 Å². The number of aromatic hydroxyl groups is 1. The van der Waals surface area contributed by atoms with Gasteiger partial charge in [0.05, 0.1) is 17.8 Å². The van der Waals surface area contributed by atoms with Crippen molar-refractivity contribution in [3.63, 3.8) is 0 Å². The van der Waals surface area contributed by atoms with Gasteiger partial charge < -0.3 is 30.3 Å². The SMILES string of the molecule is C=CS(=O)(=O)NC1CCN(C(=O)CNc2cc(Cl)c(CCCCNCc3ccc(OCc4scc5c4CN(C4CCC(=O)NC4=O)C5=O)cc3)cc2O)CC1. The van der Waals surface area contributed by atoms with Crippen LogP contribution in [0.15, 0.2) is 53.8 Å². The fourth-order valence-corrected chi connectivity index (χ4v) is 8.92. The Labute approximate surface area is 329 Å². The first-order valence-corrected chi connectivity index (χ1v) is 21.0. The Bertz CT molecular complexity index is 2030. The maximum atomic E-state index is 13.0. The number of likely N-dealkylation sites (tertiary alicyclic amines) is 1. The van der Waals surface area contributed by atoms with E-state index in [4.69, 9.17) is 16.3 Å². The number of imide groups is 1. The molecule has 3 aliphatic rings. The Hall–Kier alpha value is -4.48. The lowest BCUT2D eigenvalue weighted by molar-refractivity contribution is -0.137.